The molecular weight excluding hydrogens is 359 g/mol. The summed E-state index contributed by atoms with van der Waals surface area (Å²) < 4.78 is 5.14. The van der Waals surface area contributed by atoms with Gasteiger partial charge in [0, 0.05) is 0 Å². The zero-order valence-electron chi connectivity index (χ0n) is 13.0. The van der Waals surface area contributed by atoms with Crippen molar-refractivity contribution in [2.75, 3.05) is 0 Å². The third kappa shape index (κ3) is 11.4. The van der Waals surface area contributed by atoms with Gasteiger partial charge in [-0.1, -0.05) is 0 Å². The number of hydrogen-bond donors (Lipinski definition) is 0. The molecule has 0 spiro atoms. The molecule has 0 fully saturated rings. The van der Waals surface area contributed by atoms with Gasteiger partial charge in [0.05, 0.1) is 0 Å². The minimum Gasteiger partial charge on any atom is -1.00 e. The van der Waals surface area contributed by atoms with E-state index in [9.17, 15) is 0 Å². The van der Waals surface area contributed by atoms with Gasteiger partial charge in [-0.3, -0.25) is 0 Å². The molecule has 0 aromatic carbocycles. The van der Waals surface area contributed by atoms with Crippen molar-refractivity contribution in [3.05, 3.63) is 0 Å². The average molecular weight is 393 g/mol. The topological polar surface area (TPSA) is 0 Å². The van der Waals surface area contributed by atoms with Crippen LogP contribution in [-0.2, 0) is 21.4 Å². The summed E-state index contributed by atoms with van der Waals surface area (Å²) in [6, 6.07) is 0. The predicted molar refractivity (Wildman–Crippen MR) is 74.1 cm³/mol. The van der Waals surface area contributed by atoms with Crippen LogP contribution in [0.2, 0.25) is 12.5 Å². The van der Waals surface area contributed by atoms with Crippen LogP contribution in [0.5, 0.6) is 0 Å². The van der Waals surface area contributed by atoms with Gasteiger partial charge in [0.25, 0.3) is 0 Å². The van der Waals surface area contributed by atoms with Gasteiger partial charge in [-0.15, -0.1) is 0 Å². The molecule has 98 valence electrons. The third-order valence-electron chi connectivity index (χ3n) is 3.40. The smallest absolute Gasteiger partial charge is 1.00 e. The average Bonchev–Trinajstić information content (AvgIpc) is 2.29. The van der Waals surface area contributed by atoms with Gasteiger partial charge >= 0.3 is 113 Å². The Morgan fingerprint density at radius 2 is 0.875 bits per heavy atom. The van der Waals surface area contributed by atoms with Crippen LogP contribution < -0.4 is 0 Å². The Labute approximate surface area is 114 Å². The normalized spacial score (nSPS) is 10.7. The van der Waals surface area contributed by atoms with Crippen LogP contribution in [0.4, 0.5) is 0 Å². The van der Waals surface area contributed by atoms with Crippen LogP contribution >= 0.6 is 0 Å². The third-order valence-corrected chi connectivity index (χ3v) is 14.8. The maximum Gasteiger partial charge on any atom is -1.00 e. The monoisotopic (exact) mass is 394 g/mol. The first-order valence-electron chi connectivity index (χ1n) is 7.68. The van der Waals surface area contributed by atoms with E-state index in [2.05, 4.69) is 20.8 Å². The molecule has 0 bridgehead atoms. The van der Waals surface area contributed by atoms with Crippen molar-refractivity contribution in [3.63, 3.8) is 0 Å². The molecule has 1 heteroatoms. The summed E-state index contributed by atoms with van der Waals surface area (Å²) in [6.07, 6.45) is 13.4. The summed E-state index contributed by atoms with van der Waals surface area (Å²) in [5.41, 5.74) is 0. The van der Waals surface area contributed by atoms with E-state index < -0.39 is 21.4 Å². The largest absolute Gasteiger partial charge is 1.00 e. The van der Waals surface area contributed by atoms with E-state index in [4.69, 9.17) is 0 Å². The minimum atomic E-state index is -1.06. The fourth-order valence-electron chi connectivity index (χ4n) is 2.25. The van der Waals surface area contributed by atoms with Gasteiger partial charge in [0.15, 0.2) is 0 Å². The fraction of sp³-hybridized carbons (Fsp3) is 1.00. The Morgan fingerprint density at radius 3 is 1.12 bits per heavy atom. The number of rotatable bonds is 12. The molecular formula is C15H34Hf. The maximum absolute atomic E-state index is 2.33. The second-order valence-corrected chi connectivity index (χ2v) is 15.9. The number of unbranched alkanes of at least 4 members (excludes halogenated alkanes) is 6. The van der Waals surface area contributed by atoms with E-state index >= 15 is 0 Å². The van der Waals surface area contributed by atoms with Crippen molar-refractivity contribution in [1.82, 2.24) is 0 Å². The summed E-state index contributed by atoms with van der Waals surface area (Å²) in [4.78, 5) is 0. The molecule has 0 heterocycles. The molecule has 16 heavy (non-hydrogen) atoms. The molecule has 0 atom stereocenters. The van der Waals surface area contributed by atoms with Crippen molar-refractivity contribution in [2.45, 2.75) is 91.1 Å². The van der Waals surface area contributed by atoms with Crippen LogP contribution in [-0.4, -0.2) is 0 Å². The van der Waals surface area contributed by atoms with Crippen LogP contribution in [0.25, 0.3) is 0 Å². The van der Waals surface area contributed by atoms with E-state index in [1.54, 1.807) is 31.8 Å². The van der Waals surface area contributed by atoms with Crippen molar-refractivity contribution in [2.24, 2.45) is 0 Å². The number of hydrogen-bond acceptors (Lipinski definition) is 0. The van der Waals surface area contributed by atoms with Gasteiger partial charge in [0.2, 0.25) is 0 Å². The first kappa shape index (κ1) is 16.9. The van der Waals surface area contributed by atoms with Crippen molar-refractivity contribution in [1.29, 1.82) is 0 Å². The van der Waals surface area contributed by atoms with Gasteiger partial charge in [-0.25, -0.2) is 0 Å². The summed E-state index contributed by atoms with van der Waals surface area (Å²) >= 11 is -1.06. The van der Waals surface area contributed by atoms with Crippen molar-refractivity contribution >= 4 is 0 Å². The molecule has 0 unspecified atom stereocenters. The maximum atomic E-state index is 2.33. The Bertz CT molecular complexity index is 104. The molecule has 0 aromatic rings. The zero-order chi connectivity index (χ0) is 12.1. The van der Waals surface area contributed by atoms with E-state index in [0.717, 1.165) is 0 Å². The molecule has 0 N–H and O–H groups in total. The Hall–Kier alpha value is 0.870. The van der Waals surface area contributed by atoms with E-state index in [1.165, 1.54) is 38.5 Å². The quantitative estimate of drug-likeness (QED) is 0.261. The minimum absolute atomic E-state index is 0. The second-order valence-electron chi connectivity index (χ2n) is 5.12. The molecule has 0 radical (unpaired) electrons. The Kier molecular flexibility index (Phi) is 14.7. The summed E-state index contributed by atoms with van der Waals surface area (Å²) in [6.45, 7) is 7.00. The Morgan fingerprint density at radius 1 is 0.562 bits per heavy atom. The zero-order valence-corrected chi connectivity index (χ0v) is 15.6. The van der Waals surface area contributed by atoms with E-state index in [0.29, 0.717) is 0 Å². The molecule has 0 aromatic heterocycles. The summed E-state index contributed by atoms with van der Waals surface area (Å²) in [5, 5.41) is 0. The second kappa shape index (κ2) is 13.9. The summed E-state index contributed by atoms with van der Waals surface area (Å²) in [7, 11) is 0. The molecule has 0 saturated carbocycles. The van der Waals surface area contributed by atoms with E-state index in [-0.39, 0.29) is 1.43 Å². The van der Waals surface area contributed by atoms with Crippen LogP contribution in [0.1, 0.15) is 80.0 Å². The molecule has 0 rings (SSSR count). The Balaban J connectivity index is 0. The molecule has 0 aliphatic carbocycles. The first-order chi connectivity index (χ1) is 7.85. The van der Waals surface area contributed by atoms with Crippen LogP contribution in [0, 0.1) is 0 Å². The molecule has 0 aliphatic rings. The first-order valence-corrected chi connectivity index (χ1v) is 15.3. The van der Waals surface area contributed by atoms with Gasteiger partial charge in [-0.2, -0.15) is 0 Å². The van der Waals surface area contributed by atoms with Gasteiger partial charge < -0.3 is 1.43 Å². The van der Waals surface area contributed by atoms with E-state index in [1.807, 2.05) is 0 Å². The van der Waals surface area contributed by atoms with Crippen molar-refractivity contribution in [3.8, 4) is 0 Å². The van der Waals surface area contributed by atoms with Gasteiger partial charge in [0.1, 0.15) is 0 Å². The molecule has 0 saturated heterocycles. The predicted octanol–water partition coefficient (Wildman–Crippen LogP) is 6.54. The van der Waals surface area contributed by atoms with Crippen LogP contribution in [0.3, 0.4) is 0 Å². The molecule has 0 nitrogen and oxygen atoms in total. The molecule has 0 aliphatic heterocycles. The van der Waals surface area contributed by atoms with Crippen LogP contribution in [0.15, 0.2) is 0 Å². The standard InChI is InChI=1S/3C5H11.Hf.H/c3*1-3-5-4-2;;/h3*1,3-5H2,2H3;;/q;;;+1;-1. The SMILES string of the molecule is CCCC[CH2][Hf+]([CH2]CCCC)[CH2]CCCC.[H-]. The fourth-order valence-corrected chi connectivity index (χ4v) is 13.0. The van der Waals surface area contributed by atoms with Crippen molar-refractivity contribution < 1.29 is 22.9 Å². The summed E-state index contributed by atoms with van der Waals surface area (Å²) in [5.74, 6) is 0. The van der Waals surface area contributed by atoms with Gasteiger partial charge in [-0.05, 0) is 0 Å². The molecule has 0 amide bonds.